The van der Waals surface area contributed by atoms with Crippen molar-refractivity contribution in [3.8, 4) is 5.69 Å². The number of aromatic amines is 2. The van der Waals surface area contributed by atoms with Crippen molar-refractivity contribution < 1.29 is 0 Å². The quantitative estimate of drug-likeness (QED) is 0.713. The van der Waals surface area contributed by atoms with Crippen molar-refractivity contribution in [2.24, 2.45) is 4.99 Å². The topological polar surface area (TPSA) is 105 Å². The van der Waals surface area contributed by atoms with Gasteiger partial charge in [-0.25, -0.2) is 9.67 Å². The van der Waals surface area contributed by atoms with E-state index in [4.69, 9.17) is 11.6 Å². The summed E-state index contributed by atoms with van der Waals surface area (Å²) in [6, 6.07) is 6.93. The van der Waals surface area contributed by atoms with Crippen molar-refractivity contribution in [3.63, 3.8) is 0 Å². The first-order valence-corrected chi connectivity index (χ1v) is 6.38. The van der Waals surface area contributed by atoms with Gasteiger partial charge in [-0.05, 0) is 36.4 Å². The number of nitrogens with one attached hydrogen (secondary N) is 2. The molecule has 0 aliphatic rings. The second-order valence-corrected chi connectivity index (χ2v) is 4.67. The number of nitrogens with zero attached hydrogens (tertiary/aromatic N) is 5. The summed E-state index contributed by atoms with van der Waals surface area (Å²) in [5, 5.41) is 16.6. The normalized spacial score (nSPS) is 11.3. The summed E-state index contributed by atoms with van der Waals surface area (Å²) in [4.78, 5) is 16.4. The number of benzene rings is 1. The summed E-state index contributed by atoms with van der Waals surface area (Å²) in [5.74, 6) is 0.160. The fourth-order valence-electron chi connectivity index (χ4n) is 1.82. The second-order valence-electron chi connectivity index (χ2n) is 4.24. The van der Waals surface area contributed by atoms with Crippen molar-refractivity contribution in [1.82, 2.24) is 30.4 Å². The summed E-state index contributed by atoms with van der Waals surface area (Å²) in [5.41, 5.74) is 1.57. The Morgan fingerprint density at radius 3 is 2.76 bits per heavy atom. The molecule has 0 bridgehead atoms. The molecule has 21 heavy (non-hydrogen) atoms. The average molecular weight is 304 g/mol. The number of halogens is 1. The van der Waals surface area contributed by atoms with Crippen LogP contribution in [0.25, 0.3) is 5.69 Å². The molecule has 0 saturated carbocycles. The predicted molar refractivity (Wildman–Crippen MR) is 77.6 cm³/mol. The van der Waals surface area contributed by atoms with E-state index in [9.17, 15) is 4.79 Å². The lowest BCUT2D eigenvalue weighted by molar-refractivity contribution is 0.835. The van der Waals surface area contributed by atoms with E-state index in [1.54, 1.807) is 31.2 Å². The highest BCUT2D eigenvalue weighted by molar-refractivity contribution is 6.30. The zero-order valence-corrected chi connectivity index (χ0v) is 11.7. The zero-order valence-electron chi connectivity index (χ0n) is 10.9. The largest absolute Gasteiger partial charge is 0.295 e. The molecule has 0 saturated heterocycles. The molecule has 0 spiro atoms. The van der Waals surface area contributed by atoms with Crippen molar-refractivity contribution in [3.05, 3.63) is 50.9 Å². The lowest BCUT2D eigenvalue weighted by atomic mass is 10.3. The van der Waals surface area contributed by atoms with Crippen LogP contribution in [0.5, 0.6) is 0 Å². The Hall–Kier alpha value is -2.74. The van der Waals surface area contributed by atoms with Gasteiger partial charge in [-0.3, -0.25) is 9.89 Å². The summed E-state index contributed by atoms with van der Waals surface area (Å²) < 4.78 is 1.42. The number of rotatable bonds is 3. The Labute approximate surface area is 123 Å². The van der Waals surface area contributed by atoms with Crippen LogP contribution in [-0.4, -0.2) is 36.6 Å². The van der Waals surface area contributed by atoms with Crippen LogP contribution in [0.1, 0.15) is 11.3 Å². The molecule has 106 valence electrons. The average Bonchev–Trinajstić information content (AvgIpc) is 3.07. The monoisotopic (exact) mass is 303 g/mol. The Balaban J connectivity index is 2.00. The van der Waals surface area contributed by atoms with Crippen molar-refractivity contribution >= 4 is 23.8 Å². The van der Waals surface area contributed by atoms with Crippen LogP contribution in [0.3, 0.4) is 0 Å². The number of tetrazole rings is 1. The molecule has 0 unspecified atom stereocenters. The molecular formula is C12H10ClN7O. The molecule has 2 N–H and O–H groups in total. The first kappa shape index (κ1) is 13.3. The first-order chi connectivity index (χ1) is 10.1. The Bertz CT molecular complexity index is 830. The molecule has 0 amide bonds. The Morgan fingerprint density at radius 1 is 1.33 bits per heavy atom. The maximum atomic E-state index is 12.4. The SMILES string of the molecule is Cc1[nH]n(-c2ccc(Cl)cc2)c(=O)c1C=Nc1nn[nH]n1. The van der Waals surface area contributed by atoms with Crippen LogP contribution in [0.2, 0.25) is 5.02 Å². The number of H-pyrrole nitrogens is 2. The minimum absolute atomic E-state index is 0.160. The third-order valence-corrected chi connectivity index (χ3v) is 3.10. The maximum Gasteiger partial charge on any atom is 0.288 e. The van der Waals surface area contributed by atoms with E-state index >= 15 is 0 Å². The van der Waals surface area contributed by atoms with Crippen molar-refractivity contribution in [1.29, 1.82) is 0 Å². The van der Waals surface area contributed by atoms with E-state index in [1.807, 2.05) is 0 Å². The fraction of sp³-hybridized carbons (Fsp3) is 0.0833. The summed E-state index contributed by atoms with van der Waals surface area (Å²) in [6.07, 6.45) is 1.41. The van der Waals surface area contributed by atoms with Gasteiger partial charge in [0.05, 0.1) is 11.3 Å². The van der Waals surface area contributed by atoms with Crippen LogP contribution < -0.4 is 5.56 Å². The molecule has 0 aliphatic carbocycles. The van der Waals surface area contributed by atoms with Gasteiger partial charge in [0.2, 0.25) is 0 Å². The molecule has 1 aromatic carbocycles. The minimum Gasteiger partial charge on any atom is -0.295 e. The van der Waals surface area contributed by atoms with E-state index in [0.29, 0.717) is 22.0 Å². The highest BCUT2D eigenvalue weighted by atomic mass is 35.5. The number of aryl methyl sites for hydroxylation is 1. The first-order valence-electron chi connectivity index (χ1n) is 6.00. The van der Waals surface area contributed by atoms with Crippen LogP contribution in [0.4, 0.5) is 5.95 Å². The van der Waals surface area contributed by atoms with Gasteiger partial charge in [0.25, 0.3) is 11.5 Å². The van der Waals surface area contributed by atoms with Crippen molar-refractivity contribution in [2.45, 2.75) is 6.92 Å². The van der Waals surface area contributed by atoms with Crippen molar-refractivity contribution in [2.75, 3.05) is 0 Å². The van der Waals surface area contributed by atoms with Crippen LogP contribution in [0, 0.1) is 6.92 Å². The highest BCUT2D eigenvalue weighted by Gasteiger charge is 2.10. The van der Waals surface area contributed by atoms with Gasteiger partial charge >= 0.3 is 0 Å². The van der Waals surface area contributed by atoms with E-state index in [1.165, 1.54) is 10.9 Å². The lowest BCUT2D eigenvalue weighted by Gasteiger charge is -2.00. The smallest absolute Gasteiger partial charge is 0.288 e. The third kappa shape index (κ3) is 2.61. The Morgan fingerprint density at radius 2 is 2.10 bits per heavy atom. The molecule has 0 radical (unpaired) electrons. The van der Waals surface area contributed by atoms with Gasteiger partial charge in [-0.2, -0.15) is 5.21 Å². The molecule has 3 rings (SSSR count). The minimum atomic E-state index is -0.220. The number of hydrogen-bond donors (Lipinski definition) is 2. The number of hydrogen-bond acceptors (Lipinski definition) is 5. The van der Waals surface area contributed by atoms with Crippen LogP contribution in [-0.2, 0) is 0 Å². The second kappa shape index (κ2) is 5.33. The molecule has 3 aromatic rings. The predicted octanol–water partition coefficient (Wildman–Crippen LogP) is 1.39. The van der Waals surface area contributed by atoms with Gasteiger partial charge in [0.15, 0.2) is 0 Å². The number of aromatic nitrogens is 6. The van der Waals surface area contributed by atoms with Gasteiger partial charge in [0, 0.05) is 16.9 Å². The number of aliphatic imine (C=N–C) groups is 1. The van der Waals surface area contributed by atoms with E-state index in [2.05, 4.69) is 30.7 Å². The molecule has 2 aromatic heterocycles. The summed E-state index contributed by atoms with van der Waals surface area (Å²) in [7, 11) is 0. The molecule has 0 fully saturated rings. The van der Waals surface area contributed by atoms with E-state index < -0.39 is 0 Å². The van der Waals surface area contributed by atoms with Crippen LogP contribution in [0.15, 0.2) is 34.1 Å². The highest BCUT2D eigenvalue weighted by Crippen LogP contribution is 2.12. The van der Waals surface area contributed by atoms with E-state index in [-0.39, 0.29) is 11.5 Å². The lowest BCUT2D eigenvalue weighted by Crippen LogP contribution is -2.17. The zero-order chi connectivity index (χ0) is 14.8. The molecule has 2 heterocycles. The fourth-order valence-corrected chi connectivity index (χ4v) is 1.94. The summed E-state index contributed by atoms with van der Waals surface area (Å²) in [6.45, 7) is 1.78. The maximum absolute atomic E-state index is 12.4. The third-order valence-electron chi connectivity index (χ3n) is 2.85. The molecule has 9 heteroatoms. The molecule has 0 atom stereocenters. The van der Waals surface area contributed by atoms with E-state index in [0.717, 1.165) is 0 Å². The van der Waals surface area contributed by atoms with Gasteiger partial charge in [-0.15, -0.1) is 5.10 Å². The molecular weight excluding hydrogens is 294 g/mol. The van der Waals surface area contributed by atoms with Crippen LogP contribution >= 0.6 is 11.6 Å². The van der Waals surface area contributed by atoms with Gasteiger partial charge in [0.1, 0.15) is 0 Å². The van der Waals surface area contributed by atoms with Gasteiger partial charge in [-0.1, -0.05) is 16.7 Å². The van der Waals surface area contributed by atoms with Gasteiger partial charge < -0.3 is 0 Å². The summed E-state index contributed by atoms with van der Waals surface area (Å²) >= 11 is 5.84. The Kier molecular flexibility index (Phi) is 3.36. The molecule has 0 aliphatic heterocycles. The molecule has 8 nitrogen and oxygen atoms in total. The standard InChI is InChI=1S/C12H10ClN7O/c1-7-10(6-14-12-15-18-19-16-12)11(21)20(17-7)9-4-2-8(13)3-5-9/h2-6,17H,1H3,(H,15,16,18,19).